The van der Waals surface area contributed by atoms with Crippen molar-refractivity contribution < 1.29 is 22.7 Å². The number of aromatic nitrogens is 6. The summed E-state index contributed by atoms with van der Waals surface area (Å²) in [5.41, 5.74) is 2.74. The van der Waals surface area contributed by atoms with Crippen LogP contribution in [0.1, 0.15) is 55.1 Å². The number of methoxy groups -OCH3 is 1. The van der Waals surface area contributed by atoms with Crippen LogP contribution in [0.2, 0.25) is 0 Å². The van der Waals surface area contributed by atoms with E-state index in [0.29, 0.717) is 28.9 Å². The average Bonchev–Trinajstić information content (AvgIpc) is 3.53. The van der Waals surface area contributed by atoms with Crippen LogP contribution in [-0.4, -0.2) is 42.3 Å². The van der Waals surface area contributed by atoms with Gasteiger partial charge in [0.2, 0.25) is 11.8 Å². The van der Waals surface area contributed by atoms with Crippen LogP contribution >= 0.6 is 0 Å². The van der Waals surface area contributed by atoms with E-state index in [0.717, 1.165) is 35.9 Å². The summed E-state index contributed by atoms with van der Waals surface area (Å²) in [5, 5.41) is 4.85. The molecule has 1 fully saturated rings. The number of imidazole rings is 1. The maximum absolute atomic E-state index is 13.2. The summed E-state index contributed by atoms with van der Waals surface area (Å²) in [6.07, 6.45) is 0.345. The van der Waals surface area contributed by atoms with Crippen LogP contribution in [0.25, 0.3) is 22.6 Å². The van der Waals surface area contributed by atoms with Crippen LogP contribution < -0.4 is 9.64 Å². The lowest BCUT2D eigenvalue weighted by Gasteiger charge is -2.31. The third-order valence-corrected chi connectivity index (χ3v) is 7.16. The third kappa shape index (κ3) is 4.53. The Hall–Kier alpha value is -4.22. The van der Waals surface area contributed by atoms with Gasteiger partial charge in [0.1, 0.15) is 23.7 Å². The number of benzene rings is 1. The van der Waals surface area contributed by atoms with Gasteiger partial charge in [0.25, 0.3) is 0 Å². The first kappa shape index (κ1) is 25.1. The summed E-state index contributed by atoms with van der Waals surface area (Å²) in [4.78, 5) is 27.4. The van der Waals surface area contributed by atoms with Gasteiger partial charge in [-0.05, 0) is 25.3 Å². The first-order valence-electron chi connectivity index (χ1n) is 12.6. The molecule has 4 heterocycles. The van der Waals surface area contributed by atoms with Gasteiger partial charge >= 0.3 is 6.18 Å². The standard InChI is InChI=1S/C27H26F3N7O2/c1-15-10-22(38)36(12-16-4-6-18(7-5-16)25-33-20(13-35(25)2)27(28,29)30)21-11-19(34-37(15)21)23-24(17-8-9-17)31-14-32-26(23)39-3/h4-7,11,13-15,17H,8-10,12H2,1-3H3. The van der Waals surface area contributed by atoms with Crippen molar-refractivity contribution in [1.29, 1.82) is 0 Å². The zero-order valence-electron chi connectivity index (χ0n) is 21.6. The van der Waals surface area contributed by atoms with Crippen LogP contribution in [0.5, 0.6) is 5.88 Å². The molecule has 0 bridgehead atoms. The maximum Gasteiger partial charge on any atom is 0.434 e. The maximum atomic E-state index is 13.2. The zero-order chi connectivity index (χ0) is 27.5. The zero-order valence-corrected chi connectivity index (χ0v) is 21.6. The average molecular weight is 538 g/mol. The van der Waals surface area contributed by atoms with E-state index in [1.54, 1.807) is 36.3 Å². The number of amides is 1. The quantitative estimate of drug-likeness (QED) is 0.338. The fourth-order valence-corrected chi connectivity index (χ4v) is 5.04. The molecule has 1 aliphatic carbocycles. The number of carbonyl (C=O) groups is 1. The van der Waals surface area contributed by atoms with Gasteiger partial charge in [0.05, 0.1) is 31.0 Å². The molecule has 39 heavy (non-hydrogen) atoms. The Kier molecular flexibility index (Phi) is 5.92. The van der Waals surface area contributed by atoms with E-state index in [-0.39, 0.29) is 30.7 Å². The number of hydrogen-bond acceptors (Lipinski definition) is 6. The normalized spacial score (nSPS) is 17.4. The molecule has 0 saturated heterocycles. The highest BCUT2D eigenvalue weighted by molar-refractivity contribution is 5.95. The van der Waals surface area contributed by atoms with Gasteiger partial charge in [-0.3, -0.25) is 9.69 Å². The van der Waals surface area contributed by atoms with Crippen molar-refractivity contribution >= 4 is 11.7 Å². The molecule has 202 valence electrons. The van der Waals surface area contributed by atoms with Crippen molar-refractivity contribution in [3.05, 3.63) is 59.8 Å². The number of hydrogen-bond donors (Lipinski definition) is 0. The molecule has 0 spiro atoms. The van der Waals surface area contributed by atoms with Gasteiger partial charge < -0.3 is 9.30 Å². The van der Waals surface area contributed by atoms with Crippen molar-refractivity contribution in [3.8, 4) is 28.5 Å². The minimum atomic E-state index is -4.52. The predicted molar refractivity (Wildman–Crippen MR) is 136 cm³/mol. The lowest BCUT2D eigenvalue weighted by molar-refractivity contribution is -0.140. The topological polar surface area (TPSA) is 91.0 Å². The Morgan fingerprint density at radius 3 is 2.51 bits per heavy atom. The van der Waals surface area contributed by atoms with E-state index in [9.17, 15) is 18.0 Å². The molecule has 1 unspecified atom stereocenters. The second-order valence-electron chi connectivity index (χ2n) is 10.0. The molecule has 12 heteroatoms. The van der Waals surface area contributed by atoms with E-state index >= 15 is 0 Å². The second kappa shape index (κ2) is 9.21. The fraction of sp³-hybridized carbons (Fsp3) is 0.370. The first-order valence-corrected chi connectivity index (χ1v) is 12.6. The largest absolute Gasteiger partial charge is 0.480 e. The van der Waals surface area contributed by atoms with E-state index < -0.39 is 11.9 Å². The summed E-state index contributed by atoms with van der Waals surface area (Å²) in [5.74, 6) is 1.62. The minimum absolute atomic E-state index is 0.0388. The smallest absolute Gasteiger partial charge is 0.434 e. The van der Waals surface area contributed by atoms with E-state index in [1.165, 1.54) is 17.9 Å². The Balaban J connectivity index is 1.31. The van der Waals surface area contributed by atoms with Gasteiger partial charge in [0, 0.05) is 37.2 Å². The number of aryl methyl sites for hydroxylation is 1. The van der Waals surface area contributed by atoms with E-state index in [4.69, 9.17) is 9.84 Å². The number of nitrogens with zero attached hydrogens (tertiary/aromatic N) is 7. The molecule has 1 aromatic carbocycles. The van der Waals surface area contributed by atoms with Crippen molar-refractivity contribution in [1.82, 2.24) is 29.3 Å². The summed E-state index contributed by atoms with van der Waals surface area (Å²) in [6.45, 7) is 2.23. The van der Waals surface area contributed by atoms with Gasteiger partial charge in [-0.15, -0.1) is 0 Å². The number of fused-ring (bicyclic) bond motifs is 1. The molecule has 4 aromatic rings. The number of rotatable bonds is 6. The van der Waals surface area contributed by atoms with Crippen molar-refractivity contribution in [2.24, 2.45) is 7.05 Å². The number of alkyl halides is 3. The molecule has 1 amide bonds. The van der Waals surface area contributed by atoms with Crippen molar-refractivity contribution in [2.75, 3.05) is 12.0 Å². The van der Waals surface area contributed by atoms with Gasteiger partial charge in [-0.2, -0.15) is 18.3 Å². The predicted octanol–water partition coefficient (Wildman–Crippen LogP) is 5.14. The molecule has 1 atom stereocenters. The molecule has 9 nitrogen and oxygen atoms in total. The number of carbonyl (C=O) groups excluding carboxylic acids is 1. The Morgan fingerprint density at radius 2 is 1.87 bits per heavy atom. The monoisotopic (exact) mass is 537 g/mol. The number of ether oxygens (including phenoxy) is 1. The van der Waals surface area contributed by atoms with Crippen molar-refractivity contribution in [2.45, 2.75) is 50.9 Å². The third-order valence-electron chi connectivity index (χ3n) is 7.16. The number of halogens is 3. The highest BCUT2D eigenvalue weighted by Gasteiger charge is 2.36. The molecule has 0 N–H and O–H groups in total. The van der Waals surface area contributed by atoms with Crippen LogP contribution in [0.3, 0.4) is 0 Å². The van der Waals surface area contributed by atoms with Gasteiger partial charge in [0.15, 0.2) is 5.69 Å². The summed E-state index contributed by atoms with van der Waals surface area (Å²) in [7, 11) is 3.09. The summed E-state index contributed by atoms with van der Waals surface area (Å²) >= 11 is 0. The summed E-state index contributed by atoms with van der Waals surface area (Å²) in [6, 6.07) is 8.76. The molecular weight excluding hydrogens is 511 g/mol. The highest BCUT2D eigenvalue weighted by atomic mass is 19.4. The molecule has 6 rings (SSSR count). The first-order chi connectivity index (χ1) is 18.6. The van der Waals surface area contributed by atoms with Crippen LogP contribution in [0.15, 0.2) is 42.9 Å². The Bertz CT molecular complexity index is 1550. The van der Waals surface area contributed by atoms with Crippen LogP contribution in [-0.2, 0) is 24.6 Å². The van der Waals surface area contributed by atoms with Crippen molar-refractivity contribution in [3.63, 3.8) is 0 Å². The molecule has 1 aliphatic heterocycles. The minimum Gasteiger partial charge on any atom is -0.480 e. The highest BCUT2D eigenvalue weighted by Crippen LogP contribution is 2.46. The van der Waals surface area contributed by atoms with Gasteiger partial charge in [-0.1, -0.05) is 24.3 Å². The molecular formula is C27H26F3N7O2. The second-order valence-corrected chi connectivity index (χ2v) is 10.0. The molecule has 1 saturated carbocycles. The lowest BCUT2D eigenvalue weighted by atomic mass is 10.1. The lowest BCUT2D eigenvalue weighted by Crippen LogP contribution is -2.38. The van der Waals surface area contributed by atoms with Gasteiger partial charge in [-0.25, -0.2) is 19.6 Å². The Morgan fingerprint density at radius 1 is 1.13 bits per heavy atom. The van der Waals surface area contributed by atoms with Crippen LogP contribution in [0, 0.1) is 0 Å². The Labute approximate surface area is 222 Å². The molecule has 3 aromatic heterocycles. The number of anilines is 1. The van der Waals surface area contributed by atoms with E-state index in [2.05, 4.69) is 15.0 Å². The van der Waals surface area contributed by atoms with E-state index in [1.807, 2.05) is 17.7 Å². The summed E-state index contributed by atoms with van der Waals surface area (Å²) < 4.78 is 48.0. The van der Waals surface area contributed by atoms with Crippen LogP contribution in [0.4, 0.5) is 19.0 Å². The SMILES string of the molecule is COc1ncnc(C2CC2)c1-c1cc2n(n1)C(C)CC(=O)N2Cc1ccc(-c2nc(C(F)(F)F)cn2C)cc1. The molecule has 0 radical (unpaired) electrons. The fourth-order valence-electron chi connectivity index (χ4n) is 5.04. The molecule has 2 aliphatic rings.